The van der Waals surface area contributed by atoms with Crippen LogP contribution in [-0.4, -0.2) is 40.7 Å². The Morgan fingerprint density at radius 1 is 1.11 bits per heavy atom. The fourth-order valence-corrected chi connectivity index (χ4v) is 3.52. The van der Waals surface area contributed by atoms with Gasteiger partial charge in [-0.05, 0) is 56.7 Å². The van der Waals surface area contributed by atoms with Crippen LogP contribution >= 0.6 is 23.2 Å². The van der Waals surface area contributed by atoms with Gasteiger partial charge in [-0.15, -0.1) is 5.10 Å². The molecule has 0 fully saturated rings. The van der Waals surface area contributed by atoms with Crippen LogP contribution in [0.1, 0.15) is 12.0 Å². The highest BCUT2D eigenvalue weighted by molar-refractivity contribution is 6.39. The Morgan fingerprint density at radius 2 is 1.78 bits per heavy atom. The van der Waals surface area contributed by atoms with Gasteiger partial charge in [0.05, 0.1) is 10.0 Å². The number of aromatic nitrogens is 3. The highest BCUT2D eigenvalue weighted by Crippen LogP contribution is 2.38. The van der Waals surface area contributed by atoms with Gasteiger partial charge in [0, 0.05) is 11.3 Å². The molecule has 0 bridgehead atoms. The molecule has 6 nitrogen and oxygen atoms in total. The van der Waals surface area contributed by atoms with Crippen LogP contribution in [0.3, 0.4) is 0 Å². The summed E-state index contributed by atoms with van der Waals surface area (Å²) >= 11 is 13.0. The molecular formula is C19H22Cl2N6. The van der Waals surface area contributed by atoms with E-state index >= 15 is 0 Å². The minimum absolute atomic E-state index is 0.233. The minimum atomic E-state index is 0.233. The number of aryl methyl sites for hydroxylation is 1. The Morgan fingerprint density at radius 3 is 2.33 bits per heavy atom. The van der Waals surface area contributed by atoms with Crippen LogP contribution in [0.4, 0.5) is 17.6 Å². The molecule has 4 N–H and O–H groups in total. The van der Waals surface area contributed by atoms with Gasteiger partial charge in [-0.3, -0.25) is 0 Å². The smallest absolute Gasteiger partial charge is 0.248 e. The molecule has 3 rings (SSSR count). The molecule has 2 aromatic carbocycles. The molecule has 0 unspecified atom stereocenters. The number of anilines is 3. The summed E-state index contributed by atoms with van der Waals surface area (Å²) in [4.78, 5) is 6.19. The van der Waals surface area contributed by atoms with Crippen LogP contribution in [0.25, 0.3) is 11.1 Å². The summed E-state index contributed by atoms with van der Waals surface area (Å²) in [5, 5.41) is 10.6. The molecule has 0 amide bonds. The number of aromatic amines is 1. The first-order valence-corrected chi connectivity index (χ1v) is 9.36. The van der Waals surface area contributed by atoms with E-state index in [9.17, 15) is 0 Å². The zero-order chi connectivity index (χ0) is 19.4. The average Bonchev–Trinajstić information content (AvgIpc) is 3.00. The molecule has 8 heteroatoms. The number of benzene rings is 2. The largest absolute Gasteiger partial charge is 0.368 e. The van der Waals surface area contributed by atoms with Gasteiger partial charge in [-0.1, -0.05) is 47.5 Å². The Kier molecular flexibility index (Phi) is 6.21. The first-order valence-electron chi connectivity index (χ1n) is 8.60. The second kappa shape index (κ2) is 8.61. The van der Waals surface area contributed by atoms with E-state index in [1.54, 1.807) is 12.1 Å². The van der Waals surface area contributed by atoms with Crippen molar-refractivity contribution in [1.29, 1.82) is 0 Å². The molecule has 0 saturated heterocycles. The lowest BCUT2D eigenvalue weighted by atomic mass is 10.0. The standard InChI is InChI=1S/C19H22Cl2N6/c1-27(2)9-3-4-12-5-7-13(8-6-12)17-15(20)10-14(11-16(17)21)23-19-24-18(22)25-26-19/h5-8,10-11H,3-4,9H2,1-2H3,(H4,22,23,24,25,26). The zero-order valence-corrected chi connectivity index (χ0v) is 16.8. The van der Waals surface area contributed by atoms with Crippen molar-refractivity contribution in [2.24, 2.45) is 0 Å². The van der Waals surface area contributed by atoms with E-state index in [1.807, 2.05) is 0 Å². The first kappa shape index (κ1) is 19.5. The van der Waals surface area contributed by atoms with E-state index < -0.39 is 0 Å². The lowest BCUT2D eigenvalue weighted by molar-refractivity contribution is 0.400. The number of hydrogen-bond donors (Lipinski definition) is 3. The second-order valence-electron chi connectivity index (χ2n) is 6.59. The maximum absolute atomic E-state index is 6.50. The summed E-state index contributed by atoms with van der Waals surface area (Å²) in [6.45, 7) is 1.07. The normalized spacial score (nSPS) is 11.1. The van der Waals surface area contributed by atoms with Gasteiger partial charge in [0.1, 0.15) is 0 Å². The molecule has 0 spiro atoms. The van der Waals surface area contributed by atoms with Gasteiger partial charge in [0.15, 0.2) is 0 Å². The van der Waals surface area contributed by atoms with E-state index in [2.05, 4.69) is 63.8 Å². The number of nitrogen functional groups attached to an aromatic ring is 1. The summed E-state index contributed by atoms with van der Waals surface area (Å²) < 4.78 is 0. The first-order chi connectivity index (χ1) is 12.9. The third-order valence-electron chi connectivity index (χ3n) is 4.11. The van der Waals surface area contributed by atoms with Crippen LogP contribution in [0.2, 0.25) is 10.0 Å². The summed E-state index contributed by atoms with van der Waals surface area (Å²) in [7, 11) is 4.17. The molecule has 142 valence electrons. The number of nitrogens with zero attached hydrogens (tertiary/aromatic N) is 3. The molecule has 0 saturated carbocycles. The van der Waals surface area contributed by atoms with Crippen molar-refractivity contribution in [3.05, 3.63) is 52.0 Å². The fourth-order valence-electron chi connectivity index (χ4n) is 2.82. The van der Waals surface area contributed by atoms with Crippen LogP contribution in [0.15, 0.2) is 36.4 Å². The van der Waals surface area contributed by atoms with Crippen LogP contribution in [0, 0.1) is 0 Å². The average molecular weight is 405 g/mol. The van der Waals surface area contributed by atoms with E-state index in [0.717, 1.165) is 30.5 Å². The Labute approximate surface area is 168 Å². The summed E-state index contributed by atoms with van der Waals surface area (Å²) in [5.41, 5.74) is 9.30. The highest BCUT2D eigenvalue weighted by Gasteiger charge is 2.12. The van der Waals surface area contributed by atoms with E-state index in [-0.39, 0.29) is 5.95 Å². The molecule has 3 aromatic rings. The van der Waals surface area contributed by atoms with Crippen molar-refractivity contribution in [2.75, 3.05) is 31.7 Å². The van der Waals surface area contributed by atoms with Crippen molar-refractivity contribution in [3.8, 4) is 11.1 Å². The molecule has 0 aliphatic rings. The van der Waals surface area contributed by atoms with E-state index in [4.69, 9.17) is 28.9 Å². The summed E-state index contributed by atoms with van der Waals surface area (Å²) in [6, 6.07) is 11.9. The van der Waals surface area contributed by atoms with Gasteiger partial charge in [-0.2, -0.15) is 4.98 Å². The summed E-state index contributed by atoms with van der Waals surface area (Å²) in [5.74, 6) is 0.589. The third kappa shape index (κ3) is 5.13. The lowest BCUT2D eigenvalue weighted by Gasteiger charge is -2.12. The fraction of sp³-hybridized carbons (Fsp3) is 0.263. The van der Waals surface area contributed by atoms with Gasteiger partial charge < -0.3 is 16.0 Å². The van der Waals surface area contributed by atoms with Crippen LogP contribution < -0.4 is 11.1 Å². The predicted molar refractivity (Wildman–Crippen MR) is 113 cm³/mol. The van der Waals surface area contributed by atoms with Crippen molar-refractivity contribution >= 4 is 40.8 Å². The third-order valence-corrected chi connectivity index (χ3v) is 4.71. The number of nitrogens with two attached hydrogens (primary N) is 1. The highest BCUT2D eigenvalue weighted by atomic mass is 35.5. The maximum atomic E-state index is 6.50. The quantitative estimate of drug-likeness (QED) is 0.535. The van der Waals surface area contributed by atoms with Crippen molar-refractivity contribution in [2.45, 2.75) is 12.8 Å². The summed E-state index contributed by atoms with van der Waals surface area (Å²) in [6.07, 6.45) is 2.17. The number of nitrogens with one attached hydrogen (secondary N) is 2. The monoisotopic (exact) mass is 404 g/mol. The number of hydrogen-bond acceptors (Lipinski definition) is 5. The van der Waals surface area contributed by atoms with Crippen molar-refractivity contribution in [3.63, 3.8) is 0 Å². The molecule has 1 aromatic heterocycles. The van der Waals surface area contributed by atoms with Gasteiger partial charge >= 0.3 is 0 Å². The molecule has 0 aliphatic carbocycles. The molecule has 27 heavy (non-hydrogen) atoms. The van der Waals surface area contributed by atoms with E-state index in [1.165, 1.54) is 5.56 Å². The Hall–Kier alpha value is -2.28. The minimum Gasteiger partial charge on any atom is -0.368 e. The second-order valence-corrected chi connectivity index (χ2v) is 7.40. The van der Waals surface area contributed by atoms with E-state index in [0.29, 0.717) is 21.7 Å². The van der Waals surface area contributed by atoms with Crippen molar-refractivity contribution < 1.29 is 0 Å². The van der Waals surface area contributed by atoms with Crippen LogP contribution in [-0.2, 0) is 6.42 Å². The molecule has 0 aliphatic heterocycles. The SMILES string of the molecule is CN(C)CCCc1ccc(-c2c(Cl)cc(Nc3n[nH]c(N)n3)cc2Cl)cc1. The number of H-pyrrole nitrogens is 1. The van der Waals surface area contributed by atoms with Crippen molar-refractivity contribution in [1.82, 2.24) is 20.1 Å². The van der Waals surface area contributed by atoms with Crippen LogP contribution in [0.5, 0.6) is 0 Å². The number of rotatable bonds is 7. The number of halogens is 2. The van der Waals surface area contributed by atoms with Gasteiger partial charge in [0.2, 0.25) is 11.9 Å². The lowest BCUT2D eigenvalue weighted by Crippen LogP contribution is -2.13. The molecule has 1 heterocycles. The van der Waals surface area contributed by atoms with Gasteiger partial charge in [-0.25, -0.2) is 5.10 Å². The Balaban J connectivity index is 1.76. The predicted octanol–water partition coefficient (Wildman–Crippen LogP) is 4.60. The topological polar surface area (TPSA) is 82.9 Å². The zero-order valence-electron chi connectivity index (χ0n) is 15.3. The molecule has 0 radical (unpaired) electrons. The Bertz CT molecular complexity index is 882. The molecular weight excluding hydrogens is 383 g/mol. The van der Waals surface area contributed by atoms with Gasteiger partial charge in [0.25, 0.3) is 0 Å². The molecule has 0 atom stereocenters. The maximum Gasteiger partial charge on any atom is 0.248 e.